The van der Waals surface area contributed by atoms with Gasteiger partial charge >= 0.3 is 0 Å². The Morgan fingerprint density at radius 1 is 0.235 bits per heavy atom. The Bertz CT molecular complexity index is 3880. The zero-order chi connectivity index (χ0) is 46.7. The van der Waals surface area contributed by atoms with Crippen molar-refractivity contribution < 1.29 is 2.74 Å². The largest absolute Gasteiger partial charge is 0.310 e. The predicted octanol–water partition coefficient (Wildman–Crippen LogP) is 18.9. The first-order valence-corrected chi connectivity index (χ1v) is 23.2. The summed E-state index contributed by atoms with van der Waals surface area (Å²) in [5.74, 6) is 0. The molecule has 0 aliphatic rings. The van der Waals surface area contributed by atoms with Gasteiger partial charge in [-0.3, -0.25) is 0 Å². The molecule has 0 amide bonds. The molecule has 0 unspecified atom stereocenters. The summed E-state index contributed by atoms with van der Waals surface area (Å²) in [6, 6.07) is 91.8. The summed E-state index contributed by atoms with van der Waals surface area (Å²) in [5, 5.41) is 13.9. The summed E-state index contributed by atoms with van der Waals surface area (Å²) < 4.78 is 16.9. The second-order valence-corrected chi connectivity index (χ2v) is 17.5. The zero-order valence-electron chi connectivity index (χ0n) is 39.1. The van der Waals surface area contributed by atoms with Crippen LogP contribution in [0.2, 0.25) is 0 Å². The van der Waals surface area contributed by atoms with E-state index in [1.807, 2.05) is 24.3 Å². The van der Waals surface area contributed by atoms with Crippen molar-refractivity contribution in [3.8, 4) is 22.3 Å². The van der Waals surface area contributed by atoms with Gasteiger partial charge in [-0.1, -0.05) is 194 Å². The third kappa shape index (κ3) is 6.73. The van der Waals surface area contributed by atoms with Crippen LogP contribution < -0.4 is 9.80 Å². The average Bonchev–Trinajstić information content (AvgIpc) is 3.41. The fourth-order valence-electron chi connectivity index (χ4n) is 10.5. The Hall–Kier alpha value is -8.98. The van der Waals surface area contributed by atoms with Gasteiger partial charge in [-0.05, 0) is 149 Å². The van der Waals surface area contributed by atoms with Crippen molar-refractivity contribution in [1.29, 1.82) is 0 Å². The van der Waals surface area contributed by atoms with E-state index in [0.29, 0.717) is 12.1 Å². The van der Waals surface area contributed by atoms with Crippen LogP contribution in [0.4, 0.5) is 34.1 Å². The first kappa shape index (κ1) is 37.3. The standard InChI is InChI=1S/C66H44N2/c1-3-25-53(26-4-1)67(63-31-15-23-47-19-11-13-29-57(47)63)55-37-39-59-61(43-55)65(51-35-33-45-17-7-9-21-49(45)41-51)60-40-38-56(44-62(60)66(59)52-36-34-46-18-8-10-22-50(46)42-52)68(54-27-5-2-6-28-54)64-32-16-24-48-20-12-14-30-58(48)64/h1-44H/i1D,2D. The second kappa shape index (κ2) is 16.5. The Morgan fingerprint density at radius 2 is 0.618 bits per heavy atom. The van der Waals surface area contributed by atoms with Gasteiger partial charge in [-0.2, -0.15) is 0 Å². The molecule has 0 fully saturated rings. The Labute approximate surface area is 398 Å². The molecule has 0 atom stereocenters. The maximum Gasteiger partial charge on any atom is 0.0623 e. The van der Waals surface area contributed by atoms with Crippen molar-refractivity contribution in [2.24, 2.45) is 0 Å². The highest BCUT2D eigenvalue weighted by Gasteiger charge is 2.23. The molecule has 13 rings (SSSR count). The monoisotopic (exact) mass is 866 g/mol. The average molecular weight is 867 g/mol. The van der Waals surface area contributed by atoms with E-state index in [0.717, 1.165) is 99.5 Å². The Balaban J connectivity index is 1.16. The molecular weight excluding hydrogens is 821 g/mol. The normalized spacial score (nSPS) is 11.9. The topological polar surface area (TPSA) is 6.48 Å². The third-order valence-corrected chi connectivity index (χ3v) is 13.6. The van der Waals surface area contributed by atoms with E-state index in [-0.39, 0.29) is 0 Å². The molecule has 0 aliphatic carbocycles. The molecule has 0 saturated heterocycles. The van der Waals surface area contributed by atoms with E-state index >= 15 is 0 Å². The summed E-state index contributed by atoms with van der Waals surface area (Å²) in [6.07, 6.45) is 0. The highest BCUT2D eigenvalue weighted by Crippen LogP contribution is 2.50. The minimum absolute atomic E-state index is 0.469. The molecule has 0 radical (unpaired) electrons. The van der Waals surface area contributed by atoms with Gasteiger partial charge in [0.2, 0.25) is 0 Å². The van der Waals surface area contributed by atoms with Crippen molar-refractivity contribution in [1.82, 2.24) is 0 Å². The number of hydrogen-bond acceptors (Lipinski definition) is 2. The van der Waals surface area contributed by atoms with Crippen LogP contribution in [0, 0.1) is 0 Å². The molecule has 0 aromatic heterocycles. The molecule has 318 valence electrons. The van der Waals surface area contributed by atoms with E-state index in [1.54, 1.807) is 0 Å². The maximum atomic E-state index is 8.45. The van der Waals surface area contributed by atoms with Crippen LogP contribution in [-0.4, -0.2) is 0 Å². The molecule has 13 aromatic rings. The summed E-state index contributed by atoms with van der Waals surface area (Å²) in [7, 11) is 0. The lowest BCUT2D eigenvalue weighted by Crippen LogP contribution is -2.11. The first-order valence-electron chi connectivity index (χ1n) is 24.2. The van der Waals surface area contributed by atoms with Crippen molar-refractivity contribution in [2.75, 3.05) is 9.80 Å². The summed E-state index contributed by atoms with van der Waals surface area (Å²) in [4.78, 5) is 4.69. The number of anilines is 6. The van der Waals surface area contributed by atoms with Crippen molar-refractivity contribution in [2.45, 2.75) is 0 Å². The lowest BCUT2D eigenvalue weighted by Gasteiger charge is -2.29. The number of benzene rings is 13. The Morgan fingerprint density at radius 3 is 1.06 bits per heavy atom. The molecule has 68 heavy (non-hydrogen) atoms. The van der Waals surface area contributed by atoms with E-state index < -0.39 is 0 Å². The quantitative estimate of drug-likeness (QED) is 0.140. The van der Waals surface area contributed by atoms with Crippen LogP contribution in [0.3, 0.4) is 0 Å². The van der Waals surface area contributed by atoms with E-state index in [9.17, 15) is 0 Å². The molecule has 0 bridgehead atoms. The summed E-state index contributed by atoms with van der Waals surface area (Å²) in [5.41, 5.74) is 10.7. The van der Waals surface area contributed by atoms with Crippen LogP contribution in [0.5, 0.6) is 0 Å². The van der Waals surface area contributed by atoms with Crippen LogP contribution in [0.15, 0.2) is 267 Å². The van der Waals surface area contributed by atoms with E-state index in [1.165, 1.54) is 21.5 Å². The SMILES string of the molecule is [2H]c1ccc(N(c2ccc3c(-c4ccc5ccccc5c4)c4cc(N(c5ccc([2H])cc5)c5cccc6ccccc56)ccc4c(-c4ccc5ccccc5c4)c3c2)c2cccc3ccccc23)cc1. The van der Waals surface area contributed by atoms with Gasteiger partial charge in [-0.25, -0.2) is 0 Å². The van der Waals surface area contributed by atoms with Crippen molar-refractivity contribution >= 4 is 98.8 Å². The van der Waals surface area contributed by atoms with Crippen LogP contribution in [0.1, 0.15) is 2.74 Å². The van der Waals surface area contributed by atoms with Crippen LogP contribution in [0.25, 0.3) is 86.9 Å². The van der Waals surface area contributed by atoms with Gasteiger partial charge in [0.1, 0.15) is 0 Å². The highest BCUT2D eigenvalue weighted by molar-refractivity contribution is 6.23. The van der Waals surface area contributed by atoms with Gasteiger partial charge in [-0.15, -0.1) is 0 Å². The first-order chi connectivity index (χ1) is 34.5. The molecule has 0 aliphatic heterocycles. The van der Waals surface area contributed by atoms with Gasteiger partial charge in [0.05, 0.1) is 14.1 Å². The summed E-state index contributed by atoms with van der Waals surface area (Å²) >= 11 is 0. The molecule has 0 heterocycles. The minimum Gasteiger partial charge on any atom is -0.310 e. The van der Waals surface area contributed by atoms with E-state index in [2.05, 4.69) is 240 Å². The minimum atomic E-state index is 0.469. The maximum absolute atomic E-state index is 8.45. The predicted molar refractivity (Wildman–Crippen MR) is 292 cm³/mol. The molecular formula is C66H44N2. The number of hydrogen-bond donors (Lipinski definition) is 0. The molecule has 13 aromatic carbocycles. The lowest BCUT2D eigenvalue weighted by molar-refractivity contribution is 1.30. The molecule has 0 saturated carbocycles. The smallest absolute Gasteiger partial charge is 0.0623 e. The van der Waals surface area contributed by atoms with E-state index in [4.69, 9.17) is 2.74 Å². The van der Waals surface area contributed by atoms with Gasteiger partial charge in [0.15, 0.2) is 0 Å². The molecule has 2 heteroatoms. The molecule has 2 nitrogen and oxygen atoms in total. The van der Waals surface area contributed by atoms with Gasteiger partial charge in [0.25, 0.3) is 0 Å². The van der Waals surface area contributed by atoms with Gasteiger partial charge in [0, 0.05) is 33.5 Å². The van der Waals surface area contributed by atoms with Crippen LogP contribution in [-0.2, 0) is 0 Å². The fourth-order valence-corrected chi connectivity index (χ4v) is 10.5. The van der Waals surface area contributed by atoms with Crippen molar-refractivity contribution in [3.63, 3.8) is 0 Å². The zero-order valence-corrected chi connectivity index (χ0v) is 37.1. The Kier molecular flexibility index (Phi) is 9.03. The van der Waals surface area contributed by atoms with Crippen molar-refractivity contribution in [3.05, 3.63) is 267 Å². The highest BCUT2D eigenvalue weighted by atomic mass is 15.1. The fraction of sp³-hybridized carbons (Fsp3) is 0. The number of rotatable bonds is 8. The summed E-state index contributed by atoms with van der Waals surface area (Å²) in [6.45, 7) is 0. The van der Waals surface area contributed by atoms with Crippen LogP contribution >= 0.6 is 0 Å². The lowest BCUT2D eigenvalue weighted by atomic mass is 9.84. The second-order valence-electron chi connectivity index (χ2n) is 17.5. The number of para-hydroxylation sites is 2. The number of nitrogens with zero attached hydrogens (tertiary/aromatic N) is 2. The number of fused-ring (bicyclic) bond motifs is 6. The third-order valence-electron chi connectivity index (χ3n) is 13.6. The van der Waals surface area contributed by atoms with Gasteiger partial charge < -0.3 is 9.80 Å². The molecule has 0 spiro atoms. The molecule has 0 N–H and O–H groups in total.